The van der Waals surface area contributed by atoms with E-state index < -0.39 is 5.60 Å². The third kappa shape index (κ3) is 4.46. The second-order valence-electron chi connectivity index (χ2n) is 6.18. The van der Waals surface area contributed by atoms with E-state index in [0.717, 1.165) is 25.7 Å². The number of hydrogen-bond acceptors (Lipinski definition) is 2. The highest BCUT2D eigenvalue weighted by Gasteiger charge is 2.28. The molecule has 0 unspecified atom stereocenters. The van der Waals surface area contributed by atoms with E-state index in [0.29, 0.717) is 6.54 Å². The van der Waals surface area contributed by atoms with Gasteiger partial charge >= 0.3 is 0 Å². The van der Waals surface area contributed by atoms with Crippen LogP contribution in [0.3, 0.4) is 0 Å². The van der Waals surface area contributed by atoms with Crippen LogP contribution in [-0.4, -0.2) is 17.3 Å². The van der Waals surface area contributed by atoms with Crippen molar-refractivity contribution < 1.29 is 5.11 Å². The predicted octanol–water partition coefficient (Wildman–Crippen LogP) is 3.59. The molecule has 2 nitrogen and oxygen atoms in total. The van der Waals surface area contributed by atoms with Gasteiger partial charge in [0.15, 0.2) is 0 Å². The van der Waals surface area contributed by atoms with Crippen molar-refractivity contribution in [3.8, 4) is 0 Å². The Balaban J connectivity index is 2.01. The van der Waals surface area contributed by atoms with E-state index in [2.05, 4.69) is 31.2 Å². The molecule has 1 fully saturated rings. The molecule has 2 heteroatoms. The molecule has 20 heavy (non-hydrogen) atoms. The number of benzene rings is 1. The molecule has 1 aromatic carbocycles. The van der Waals surface area contributed by atoms with E-state index in [1.54, 1.807) is 0 Å². The minimum atomic E-state index is -0.421. The number of aliphatic hydroxyl groups is 1. The van der Waals surface area contributed by atoms with Crippen LogP contribution in [0.15, 0.2) is 24.3 Å². The van der Waals surface area contributed by atoms with Gasteiger partial charge < -0.3 is 10.8 Å². The van der Waals surface area contributed by atoms with Gasteiger partial charge in [0.1, 0.15) is 0 Å². The first kappa shape index (κ1) is 15.3. The Bertz CT molecular complexity index is 458. The molecule has 1 aliphatic carbocycles. The summed E-state index contributed by atoms with van der Waals surface area (Å²) < 4.78 is 0. The van der Waals surface area contributed by atoms with Gasteiger partial charge in [-0.2, -0.15) is 0 Å². The van der Waals surface area contributed by atoms with Crippen LogP contribution in [0.5, 0.6) is 0 Å². The molecule has 0 heterocycles. The summed E-state index contributed by atoms with van der Waals surface area (Å²) in [5.41, 5.74) is 8.89. The minimum Gasteiger partial charge on any atom is -0.390 e. The van der Waals surface area contributed by atoms with E-state index in [-0.39, 0.29) is 0 Å². The van der Waals surface area contributed by atoms with Crippen LogP contribution in [-0.2, 0) is 6.42 Å². The Morgan fingerprint density at radius 2 is 1.95 bits per heavy atom. The SMILES string of the molecule is Cc1cc(/C=C/CN)cc(CCC2(O)CCCCC2)c1. The van der Waals surface area contributed by atoms with Gasteiger partial charge in [-0.15, -0.1) is 0 Å². The number of aryl methyl sites for hydroxylation is 2. The smallest absolute Gasteiger partial charge is 0.0651 e. The highest BCUT2D eigenvalue weighted by molar-refractivity contribution is 5.52. The average molecular weight is 273 g/mol. The normalized spacial score (nSPS) is 18.6. The maximum Gasteiger partial charge on any atom is 0.0651 e. The fourth-order valence-corrected chi connectivity index (χ4v) is 3.18. The largest absolute Gasteiger partial charge is 0.390 e. The van der Waals surface area contributed by atoms with E-state index >= 15 is 0 Å². The van der Waals surface area contributed by atoms with Crippen LogP contribution in [0.4, 0.5) is 0 Å². The predicted molar refractivity (Wildman–Crippen MR) is 85.6 cm³/mol. The molecule has 3 N–H and O–H groups in total. The Labute approximate surface area is 122 Å². The molecule has 0 aliphatic heterocycles. The maximum atomic E-state index is 10.6. The van der Waals surface area contributed by atoms with Crippen molar-refractivity contribution in [2.24, 2.45) is 5.73 Å². The molecular formula is C18H27NO. The van der Waals surface area contributed by atoms with Crippen molar-refractivity contribution in [2.45, 2.75) is 57.5 Å². The fourth-order valence-electron chi connectivity index (χ4n) is 3.18. The lowest BCUT2D eigenvalue weighted by atomic mass is 9.81. The Morgan fingerprint density at radius 3 is 2.65 bits per heavy atom. The molecule has 1 aromatic rings. The monoisotopic (exact) mass is 273 g/mol. The molecule has 1 saturated carbocycles. The van der Waals surface area contributed by atoms with E-state index in [9.17, 15) is 5.11 Å². The summed E-state index contributed by atoms with van der Waals surface area (Å²) in [6.07, 6.45) is 11.5. The van der Waals surface area contributed by atoms with Crippen molar-refractivity contribution in [2.75, 3.05) is 6.54 Å². The number of hydrogen-bond donors (Lipinski definition) is 2. The number of nitrogens with two attached hydrogens (primary N) is 1. The summed E-state index contributed by atoms with van der Waals surface area (Å²) in [4.78, 5) is 0. The van der Waals surface area contributed by atoms with Gasteiger partial charge in [-0.25, -0.2) is 0 Å². The van der Waals surface area contributed by atoms with Crippen LogP contribution in [0.25, 0.3) is 6.08 Å². The van der Waals surface area contributed by atoms with Crippen molar-refractivity contribution in [3.63, 3.8) is 0 Å². The second-order valence-corrected chi connectivity index (χ2v) is 6.18. The van der Waals surface area contributed by atoms with Gasteiger partial charge in [-0.1, -0.05) is 55.2 Å². The first-order valence-corrected chi connectivity index (χ1v) is 7.81. The lowest BCUT2D eigenvalue weighted by Gasteiger charge is -2.32. The summed E-state index contributed by atoms with van der Waals surface area (Å²) in [5.74, 6) is 0. The van der Waals surface area contributed by atoms with Gasteiger partial charge in [-0.3, -0.25) is 0 Å². The van der Waals surface area contributed by atoms with Gasteiger partial charge in [0, 0.05) is 6.54 Å². The Morgan fingerprint density at radius 1 is 1.20 bits per heavy atom. The van der Waals surface area contributed by atoms with Gasteiger partial charge in [0.2, 0.25) is 0 Å². The summed E-state index contributed by atoms with van der Waals surface area (Å²) in [5, 5.41) is 10.6. The first-order valence-electron chi connectivity index (χ1n) is 7.81. The summed E-state index contributed by atoms with van der Waals surface area (Å²) in [6, 6.07) is 6.61. The van der Waals surface area contributed by atoms with Crippen LogP contribution < -0.4 is 5.73 Å². The summed E-state index contributed by atoms with van der Waals surface area (Å²) in [7, 11) is 0. The van der Waals surface area contributed by atoms with E-state index in [1.165, 1.54) is 36.0 Å². The topological polar surface area (TPSA) is 46.2 Å². The van der Waals surface area contributed by atoms with Crippen molar-refractivity contribution in [1.82, 2.24) is 0 Å². The molecule has 2 rings (SSSR count). The molecule has 0 amide bonds. The highest BCUT2D eigenvalue weighted by atomic mass is 16.3. The van der Waals surface area contributed by atoms with Crippen molar-refractivity contribution >= 4 is 6.08 Å². The summed E-state index contributed by atoms with van der Waals surface area (Å²) in [6.45, 7) is 2.70. The first-order chi connectivity index (χ1) is 9.61. The molecular weight excluding hydrogens is 246 g/mol. The molecule has 0 saturated heterocycles. The Kier molecular flexibility index (Phi) is 5.38. The molecule has 1 aliphatic rings. The third-order valence-electron chi connectivity index (χ3n) is 4.27. The quantitative estimate of drug-likeness (QED) is 0.861. The molecule has 0 radical (unpaired) electrons. The zero-order valence-electron chi connectivity index (χ0n) is 12.6. The molecule has 0 bridgehead atoms. The lowest BCUT2D eigenvalue weighted by Crippen LogP contribution is -2.31. The van der Waals surface area contributed by atoms with Crippen molar-refractivity contribution in [3.05, 3.63) is 41.0 Å². The summed E-state index contributed by atoms with van der Waals surface area (Å²) >= 11 is 0. The van der Waals surface area contributed by atoms with Crippen molar-refractivity contribution in [1.29, 1.82) is 0 Å². The maximum absolute atomic E-state index is 10.6. The van der Waals surface area contributed by atoms with Crippen LogP contribution in [0, 0.1) is 6.92 Å². The highest BCUT2D eigenvalue weighted by Crippen LogP contribution is 2.32. The average Bonchev–Trinajstić information content (AvgIpc) is 2.43. The lowest BCUT2D eigenvalue weighted by molar-refractivity contribution is -0.00342. The zero-order chi connectivity index (χ0) is 14.4. The standard InChI is InChI=1S/C18H27NO/c1-15-12-16(6-5-11-19)14-17(13-15)7-10-18(20)8-3-2-4-9-18/h5-6,12-14,20H,2-4,7-11,19H2,1H3/b6-5+. The van der Waals surface area contributed by atoms with Gasteiger partial charge in [0.25, 0.3) is 0 Å². The van der Waals surface area contributed by atoms with Gasteiger partial charge in [0.05, 0.1) is 5.60 Å². The minimum absolute atomic E-state index is 0.421. The Hall–Kier alpha value is -1.12. The number of rotatable bonds is 5. The second kappa shape index (κ2) is 7.05. The van der Waals surface area contributed by atoms with Gasteiger partial charge in [-0.05, 0) is 43.7 Å². The van der Waals surface area contributed by atoms with Crippen LogP contribution in [0.1, 0.15) is 55.2 Å². The fraction of sp³-hybridized carbons (Fsp3) is 0.556. The van der Waals surface area contributed by atoms with Crippen LogP contribution in [0.2, 0.25) is 0 Å². The van der Waals surface area contributed by atoms with Crippen LogP contribution >= 0.6 is 0 Å². The van der Waals surface area contributed by atoms with E-state index in [4.69, 9.17) is 5.73 Å². The van der Waals surface area contributed by atoms with E-state index in [1.807, 2.05) is 6.08 Å². The molecule has 110 valence electrons. The molecule has 0 aromatic heterocycles. The molecule has 0 spiro atoms. The third-order valence-corrected chi connectivity index (χ3v) is 4.27. The zero-order valence-corrected chi connectivity index (χ0v) is 12.6. The molecule has 0 atom stereocenters.